The van der Waals surface area contributed by atoms with Crippen LogP contribution in [0.2, 0.25) is 0 Å². The first kappa shape index (κ1) is 21.9. The number of nitrogens with one attached hydrogen (secondary N) is 2. The number of aliphatic hydroxyl groups is 1. The Morgan fingerprint density at radius 1 is 1.29 bits per heavy atom. The zero-order chi connectivity index (χ0) is 24.1. The Balaban J connectivity index is 1.47. The van der Waals surface area contributed by atoms with E-state index in [4.69, 9.17) is 9.72 Å². The van der Waals surface area contributed by atoms with Crippen molar-refractivity contribution < 1.29 is 19.0 Å². The predicted molar refractivity (Wildman–Crippen MR) is 127 cm³/mol. The predicted octanol–water partition coefficient (Wildman–Crippen LogP) is 2.34. The highest BCUT2D eigenvalue weighted by atomic mass is 19.1. The van der Waals surface area contributed by atoms with E-state index >= 15 is 0 Å². The Hall–Kier alpha value is -3.57. The summed E-state index contributed by atoms with van der Waals surface area (Å²) >= 11 is 0. The molecular formula is C24H26FN7O3. The highest BCUT2D eigenvalue weighted by Crippen LogP contribution is 2.38. The van der Waals surface area contributed by atoms with E-state index in [2.05, 4.69) is 20.7 Å². The summed E-state index contributed by atoms with van der Waals surface area (Å²) in [6.45, 7) is 0.431. The summed E-state index contributed by atoms with van der Waals surface area (Å²) in [6.07, 6.45) is 5.57. The molecular weight excluding hydrogens is 453 g/mol. The largest absolute Gasteiger partial charge is 0.388 e. The lowest BCUT2D eigenvalue weighted by Gasteiger charge is -2.15. The van der Waals surface area contributed by atoms with Crippen molar-refractivity contribution in [2.45, 2.75) is 43.6 Å². The summed E-state index contributed by atoms with van der Waals surface area (Å²) in [5.74, 6) is 0.249. The molecule has 2 fully saturated rings. The number of ether oxygens (including phenoxy) is 1. The number of carbonyl (C=O) groups excluding carboxylic acids is 1. The van der Waals surface area contributed by atoms with Crippen molar-refractivity contribution >= 4 is 28.4 Å². The van der Waals surface area contributed by atoms with E-state index in [0.29, 0.717) is 29.2 Å². The molecule has 5 heterocycles. The van der Waals surface area contributed by atoms with Crippen LogP contribution in [0.15, 0.2) is 36.8 Å². The van der Waals surface area contributed by atoms with E-state index in [1.807, 2.05) is 29.0 Å². The Labute approximate surface area is 200 Å². The fourth-order valence-corrected chi connectivity index (χ4v) is 5.11. The molecule has 11 heteroatoms. The van der Waals surface area contributed by atoms with Gasteiger partial charge in [0.15, 0.2) is 5.65 Å². The number of hydrogen-bond donors (Lipinski definition) is 3. The molecule has 1 unspecified atom stereocenters. The summed E-state index contributed by atoms with van der Waals surface area (Å²) in [4.78, 5) is 22.4. The van der Waals surface area contributed by atoms with E-state index < -0.39 is 24.2 Å². The minimum Gasteiger partial charge on any atom is -0.388 e. The molecule has 3 N–H and O–H groups in total. The molecule has 1 aliphatic heterocycles. The fraction of sp³-hybridized carbons (Fsp3) is 0.417. The highest BCUT2D eigenvalue weighted by Gasteiger charge is 2.31. The van der Waals surface area contributed by atoms with E-state index in [0.717, 1.165) is 23.8 Å². The minimum atomic E-state index is -0.913. The molecule has 0 bridgehead atoms. The number of amides is 1. The summed E-state index contributed by atoms with van der Waals surface area (Å²) in [5.41, 5.74) is 2.78. The molecule has 6 rings (SSSR count). The maximum Gasteiger partial charge on any atom is 0.257 e. The second-order valence-corrected chi connectivity index (χ2v) is 9.09. The van der Waals surface area contributed by atoms with Gasteiger partial charge in [-0.05, 0) is 31.4 Å². The Morgan fingerprint density at radius 2 is 2.17 bits per heavy atom. The van der Waals surface area contributed by atoms with Crippen LogP contribution < -0.4 is 10.6 Å². The Morgan fingerprint density at radius 3 is 2.91 bits per heavy atom. The number of alkyl halides is 1. The second-order valence-electron chi connectivity index (χ2n) is 9.09. The van der Waals surface area contributed by atoms with Crippen LogP contribution in [-0.2, 0) is 4.74 Å². The first-order chi connectivity index (χ1) is 17.0. The van der Waals surface area contributed by atoms with Crippen LogP contribution in [0.25, 0.3) is 27.9 Å². The summed E-state index contributed by atoms with van der Waals surface area (Å²) < 4.78 is 23.4. The van der Waals surface area contributed by atoms with E-state index in [9.17, 15) is 14.3 Å². The van der Waals surface area contributed by atoms with Gasteiger partial charge in [0, 0.05) is 36.5 Å². The van der Waals surface area contributed by atoms with E-state index in [1.54, 1.807) is 17.8 Å². The third-order valence-corrected chi connectivity index (χ3v) is 6.96. The Kier molecular flexibility index (Phi) is 5.37. The maximum absolute atomic E-state index is 14.7. The molecule has 1 saturated heterocycles. The van der Waals surface area contributed by atoms with Gasteiger partial charge >= 0.3 is 0 Å². The van der Waals surface area contributed by atoms with Crippen LogP contribution >= 0.6 is 0 Å². The minimum absolute atomic E-state index is 0.185. The van der Waals surface area contributed by atoms with Gasteiger partial charge in [0.2, 0.25) is 0 Å². The zero-order valence-electron chi connectivity index (χ0n) is 19.2. The number of aromatic nitrogens is 5. The second kappa shape index (κ2) is 8.58. The lowest BCUT2D eigenvalue weighted by Crippen LogP contribution is -2.42. The topological polar surface area (TPSA) is 119 Å². The lowest BCUT2D eigenvalue weighted by atomic mass is 10.1. The van der Waals surface area contributed by atoms with Crippen molar-refractivity contribution in [3.05, 3.63) is 42.4 Å². The van der Waals surface area contributed by atoms with Gasteiger partial charge in [-0.25, -0.2) is 14.4 Å². The summed E-state index contributed by atoms with van der Waals surface area (Å²) in [5, 5.41) is 21.2. The first-order valence-electron chi connectivity index (χ1n) is 11.8. The number of nitrogens with zero attached hydrogens (tertiary/aromatic N) is 5. The van der Waals surface area contributed by atoms with E-state index in [1.165, 1.54) is 6.20 Å². The van der Waals surface area contributed by atoms with Crippen LogP contribution in [-0.4, -0.2) is 73.7 Å². The number of fused-ring (bicyclic) bond motifs is 2. The molecule has 4 aromatic heterocycles. The van der Waals surface area contributed by atoms with Gasteiger partial charge in [-0.2, -0.15) is 9.61 Å². The van der Waals surface area contributed by atoms with Crippen LogP contribution in [0.3, 0.4) is 0 Å². The van der Waals surface area contributed by atoms with Crippen molar-refractivity contribution in [3.63, 3.8) is 0 Å². The number of pyridine rings is 1. The monoisotopic (exact) mass is 479 g/mol. The zero-order valence-corrected chi connectivity index (χ0v) is 19.2. The molecule has 10 nitrogen and oxygen atoms in total. The number of halogens is 1. The molecule has 4 atom stereocenters. The average molecular weight is 480 g/mol. The molecule has 1 aliphatic carbocycles. The number of hydrogen-bond acceptors (Lipinski definition) is 7. The molecule has 35 heavy (non-hydrogen) atoms. The molecule has 182 valence electrons. The highest BCUT2D eigenvalue weighted by molar-refractivity contribution is 6.01. The van der Waals surface area contributed by atoms with Gasteiger partial charge < -0.3 is 25.0 Å². The molecule has 0 radical (unpaired) electrons. The van der Waals surface area contributed by atoms with E-state index in [-0.39, 0.29) is 24.8 Å². The third kappa shape index (κ3) is 3.62. The van der Waals surface area contributed by atoms with Crippen molar-refractivity contribution in [3.8, 4) is 11.3 Å². The van der Waals surface area contributed by atoms with Gasteiger partial charge in [0.05, 0.1) is 43.3 Å². The number of rotatable bonds is 5. The SMILES string of the molecule is CNc1cc(-c2cn([C@@H]3CCC[C@@H]3F)c3ncccc23)nc2c(C(=O)NC3COC[C@H]3O)cnn12. The van der Waals surface area contributed by atoms with Gasteiger partial charge in [-0.15, -0.1) is 0 Å². The lowest BCUT2D eigenvalue weighted by molar-refractivity contribution is 0.0888. The van der Waals surface area contributed by atoms with Crippen LogP contribution in [0.5, 0.6) is 0 Å². The van der Waals surface area contributed by atoms with Crippen molar-refractivity contribution in [2.75, 3.05) is 25.6 Å². The first-order valence-corrected chi connectivity index (χ1v) is 11.8. The van der Waals surface area contributed by atoms with Crippen LogP contribution in [0.4, 0.5) is 10.2 Å². The molecule has 1 saturated carbocycles. The molecule has 2 aliphatic rings. The number of carbonyl (C=O) groups is 1. The van der Waals surface area contributed by atoms with Gasteiger partial charge in [-0.1, -0.05) is 0 Å². The molecule has 0 aromatic carbocycles. The van der Waals surface area contributed by atoms with Crippen LogP contribution in [0.1, 0.15) is 35.7 Å². The fourth-order valence-electron chi connectivity index (χ4n) is 5.11. The summed E-state index contributed by atoms with van der Waals surface area (Å²) in [6, 6.07) is 4.90. The smallest absolute Gasteiger partial charge is 0.257 e. The van der Waals surface area contributed by atoms with Gasteiger partial charge in [-0.3, -0.25) is 4.79 Å². The molecule has 0 spiro atoms. The molecule has 1 amide bonds. The van der Waals surface area contributed by atoms with Gasteiger partial charge in [0.1, 0.15) is 23.2 Å². The van der Waals surface area contributed by atoms with Crippen molar-refractivity contribution in [1.82, 2.24) is 29.5 Å². The van der Waals surface area contributed by atoms with Crippen molar-refractivity contribution in [1.29, 1.82) is 0 Å². The third-order valence-electron chi connectivity index (χ3n) is 6.96. The maximum atomic E-state index is 14.7. The standard InChI is InChI=1S/C24H26FN7O3/c1-26-21-8-17(15-10-31(19-6-2-5-16(19)25)22-13(15)4-3-7-27-22)29-23-14(9-28-32(21)23)24(34)30-18-11-35-12-20(18)33/h3-4,7-10,16,18-20,26,33H,2,5-6,11-12H2,1H3,(H,30,34)/t16-,18?,19+,20+/m0/s1. The van der Waals surface area contributed by atoms with Gasteiger partial charge in [0.25, 0.3) is 5.91 Å². The normalized spacial score (nSPS) is 24.4. The van der Waals surface area contributed by atoms with Crippen LogP contribution in [0, 0.1) is 0 Å². The van der Waals surface area contributed by atoms with Crippen molar-refractivity contribution in [2.24, 2.45) is 0 Å². The number of anilines is 1. The average Bonchev–Trinajstić information content (AvgIpc) is 3.65. The Bertz CT molecular complexity index is 1420. The quantitative estimate of drug-likeness (QED) is 0.402. The summed E-state index contributed by atoms with van der Waals surface area (Å²) in [7, 11) is 1.77. The number of aliphatic hydroxyl groups excluding tert-OH is 1. The molecule has 4 aromatic rings.